The van der Waals surface area contributed by atoms with Gasteiger partial charge < -0.3 is 0 Å². The Balaban J connectivity index is -0.0000000625. The lowest BCUT2D eigenvalue weighted by Gasteiger charge is -1.85. The number of halogens is 2. The quantitative estimate of drug-likeness (QED) is 0.513. The third-order valence-electron chi connectivity index (χ3n) is 1.91. The maximum absolute atomic E-state index is 2.37. The summed E-state index contributed by atoms with van der Waals surface area (Å²) in [5.41, 5.74) is 0. The first kappa shape index (κ1) is 24.3. The Morgan fingerprint density at radius 1 is 0.714 bits per heavy atom. The minimum atomic E-state index is 0. The summed E-state index contributed by atoms with van der Waals surface area (Å²) >= 11 is 0. The third kappa shape index (κ3) is 38.2. The summed E-state index contributed by atoms with van der Waals surface area (Å²) in [6.07, 6.45) is 5.73. The molecule has 0 unspecified atom stereocenters. The van der Waals surface area contributed by atoms with Crippen molar-refractivity contribution in [3.8, 4) is 0 Å². The van der Waals surface area contributed by atoms with Gasteiger partial charge in [-0.3, -0.25) is 0 Å². The van der Waals surface area contributed by atoms with E-state index in [-0.39, 0.29) is 24.8 Å². The molecule has 0 aliphatic carbocycles. The Morgan fingerprint density at radius 3 is 1.07 bits per heavy atom. The Labute approximate surface area is 108 Å². The number of rotatable bonds is 6. The molecule has 0 aromatic carbocycles. The summed E-state index contributed by atoms with van der Waals surface area (Å²) < 4.78 is 0. The Bertz CT molecular complexity index is 48.1. The van der Waals surface area contributed by atoms with Crippen LogP contribution in [0.25, 0.3) is 0 Å². The lowest BCUT2D eigenvalue weighted by atomic mass is 10.4. The molecule has 0 saturated carbocycles. The maximum Gasteiger partial charge on any atom is 0.0166 e. The predicted octanol–water partition coefficient (Wildman–Crippen LogP) is 3.69. The fourth-order valence-electron chi connectivity index (χ4n) is 1.000. The van der Waals surface area contributed by atoms with Crippen LogP contribution in [0.4, 0.5) is 0 Å². The van der Waals surface area contributed by atoms with E-state index in [1.165, 1.54) is 25.7 Å². The van der Waals surface area contributed by atoms with Crippen molar-refractivity contribution in [2.24, 2.45) is 0 Å². The summed E-state index contributed by atoms with van der Waals surface area (Å²) in [7, 11) is 0.806. The van der Waals surface area contributed by atoms with Gasteiger partial charge in [0.1, 0.15) is 0 Å². The third-order valence-corrected chi connectivity index (χ3v) is 4.33. The van der Waals surface area contributed by atoms with E-state index >= 15 is 0 Å². The van der Waals surface area contributed by atoms with Gasteiger partial charge in [0.2, 0.25) is 0 Å². The van der Waals surface area contributed by atoms with Gasteiger partial charge in [0.05, 0.1) is 0 Å². The Kier molecular flexibility index (Phi) is 50.7. The van der Waals surface area contributed by atoms with E-state index in [2.05, 4.69) is 26.9 Å². The molecule has 0 N–H and O–H groups in total. The fraction of sp³-hybridized carbons (Fsp3) is 1.00. The van der Waals surface area contributed by atoms with Crippen LogP contribution in [0.15, 0.2) is 0 Å². The van der Waals surface area contributed by atoms with Crippen LogP contribution in [0.5, 0.6) is 0 Å². The Hall–Kier alpha value is 1.01. The molecular weight excluding hydrogens is 247 g/mol. The zero-order valence-electron chi connectivity index (χ0n) is 10.5. The lowest BCUT2D eigenvalue weighted by Crippen LogP contribution is -1.76. The molecule has 0 fully saturated rings. The highest BCUT2D eigenvalue weighted by Gasteiger charge is 1.76. The topological polar surface area (TPSA) is 0 Å². The molecule has 4 heteroatoms. The molecule has 0 aliphatic rings. The molecule has 0 bridgehead atoms. The molecule has 0 rings (SSSR count). The van der Waals surface area contributed by atoms with Crippen LogP contribution < -0.4 is 0 Å². The van der Waals surface area contributed by atoms with Crippen LogP contribution in [0.2, 0.25) is 25.2 Å². The molecule has 14 heavy (non-hydrogen) atoms. The highest BCUT2D eigenvalue weighted by atomic mass is 35.5. The van der Waals surface area contributed by atoms with E-state index in [1.807, 2.05) is 0 Å². The van der Waals surface area contributed by atoms with Crippen LogP contribution in [0.1, 0.15) is 39.5 Å². The molecule has 0 nitrogen and oxygen atoms in total. The Morgan fingerprint density at radius 2 is 1.00 bits per heavy atom. The molecule has 0 spiro atoms. The van der Waals surface area contributed by atoms with E-state index in [4.69, 9.17) is 0 Å². The zero-order chi connectivity index (χ0) is 9.66. The maximum atomic E-state index is 2.37. The minimum Gasteiger partial charge on any atom is -0.147 e. The summed E-state index contributed by atoms with van der Waals surface area (Å²) in [5, 5.41) is 0. The van der Waals surface area contributed by atoms with Gasteiger partial charge in [-0.15, -0.1) is 24.8 Å². The summed E-state index contributed by atoms with van der Waals surface area (Å²) in [5.74, 6) is 0. The largest absolute Gasteiger partial charge is 0.147 e. The normalized spacial score (nSPS) is 9.43. The zero-order valence-corrected chi connectivity index (χ0v) is 14.9. The van der Waals surface area contributed by atoms with Gasteiger partial charge in [-0.25, -0.2) is 0 Å². The van der Waals surface area contributed by atoms with Crippen LogP contribution >= 0.6 is 24.8 Å². The molecule has 0 atom stereocenters. The van der Waals surface area contributed by atoms with Gasteiger partial charge in [-0.1, -0.05) is 64.7 Å². The first-order valence-corrected chi connectivity index (χ1v) is 10.7. The van der Waals surface area contributed by atoms with Gasteiger partial charge in [-0.05, 0) is 0 Å². The van der Waals surface area contributed by atoms with Crippen LogP contribution in [-0.2, 0) is 0 Å². The summed E-state index contributed by atoms with van der Waals surface area (Å²) in [6.45, 7) is 9.25. The minimum absolute atomic E-state index is 0. The predicted molar refractivity (Wildman–Crippen MR) is 82.7 cm³/mol. The average molecular weight is 277 g/mol. The molecule has 0 saturated heterocycles. The van der Waals surface area contributed by atoms with Crippen LogP contribution in [-0.4, -0.2) is 19.0 Å². The van der Waals surface area contributed by atoms with Gasteiger partial charge >= 0.3 is 0 Å². The van der Waals surface area contributed by atoms with Crippen LogP contribution in [0, 0.1) is 0 Å². The molecular formula is C10H30Cl2Si2. The first-order chi connectivity index (χ1) is 5.83. The van der Waals surface area contributed by atoms with Gasteiger partial charge in [0.15, 0.2) is 0 Å². The van der Waals surface area contributed by atoms with E-state index < -0.39 is 0 Å². The van der Waals surface area contributed by atoms with Gasteiger partial charge in [0.25, 0.3) is 0 Å². The molecule has 0 amide bonds. The number of hydrogen-bond donors (Lipinski definition) is 0. The van der Waals surface area contributed by atoms with E-state index in [9.17, 15) is 0 Å². The molecule has 0 radical (unpaired) electrons. The average Bonchev–Trinajstić information content (AvgIpc) is 2.12. The van der Waals surface area contributed by atoms with Crippen molar-refractivity contribution < 1.29 is 0 Å². The second kappa shape index (κ2) is 29.2. The molecule has 0 heterocycles. The summed E-state index contributed by atoms with van der Waals surface area (Å²) in [6, 6.07) is 3.10. The second-order valence-corrected chi connectivity index (χ2v) is 6.83. The fourth-order valence-corrected chi connectivity index (χ4v) is 3.00. The molecule has 0 aliphatic heterocycles. The second-order valence-electron chi connectivity index (χ2n) is 3.41. The van der Waals surface area contributed by atoms with E-state index in [0.717, 1.165) is 0 Å². The first-order valence-electron chi connectivity index (χ1n) is 5.83. The highest BCUT2D eigenvalue weighted by molar-refractivity contribution is 6.33. The molecule has 0 aromatic rings. The summed E-state index contributed by atoms with van der Waals surface area (Å²) in [4.78, 5) is 0. The number of unbranched alkanes of at least 4 members (excludes halogenated alkanes) is 2. The standard InChI is InChI=1S/2C5H14Si.2ClH/c2*1-3-4-5-6-2;;/h2*3-6H2,1-2H3;2*1H. The van der Waals surface area contributed by atoms with Gasteiger partial charge in [-0.2, -0.15) is 0 Å². The van der Waals surface area contributed by atoms with Crippen molar-refractivity contribution >= 4 is 43.9 Å². The molecule has 0 aromatic heterocycles. The molecule has 92 valence electrons. The number of hydrogen-bond acceptors (Lipinski definition) is 0. The van der Waals surface area contributed by atoms with E-state index in [0.29, 0.717) is 19.0 Å². The van der Waals surface area contributed by atoms with Crippen molar-refractivity contribution in [2.75, 3.05) is 0 Å². The van der Waals surface area contributed by atoms with Crippen molar-refractivity contribution in [1.82, 2.24) is 0 Å². The van der Waals surface area contributed by atoms with Crippen molar-refractivity contribution in [3.63, 3.8) is 0 Å². The van der Waals surface area contributed by atoms with Gasteiger partial charge in [0, 0.05) is 19.0 Å². The lowest BCUT2D eigenvalue weighted by molar-refractivity contribution is 0.880. The SMILES string of the molecule is CCCC[SiH2]C.CCCC[SiH2]C.Cl.Cl. The van der Waals surface area contributed by atoms with Crippen molar-refractivity contribution in [3.05, 3.63) is 0 Å². The smallest absolute Gasteiger partial charge is 0.0166 e. The van der Waals surface area contributed by atoms with Crippen LogP contribution in [0.3, 0.4) is 0 Å². The van der Waals surface area contributed by atoms with E-state index in [1.54, 1.807) is 12.1 Å². The van der Waals surface area contributed by atoms with Crippen molar-refractivity contribution in [1.29, 1.82) is 0 Å². The highest BCUT2D eigenvalue weighted by Crippen LogP contribution is 1.91. The monoisotopic (exact) mass is 276 g/mol. The van der Waals surface area contributed by atoms with Crippen molar-refractivity contribution in [2.45, 2.75) is 64.7 Å².